The van der Waals surface area contributed by atoms with Crippen LogP contribution in [0.15, 0.2) is 0 Å². The van der Waals surface area contributed by atoms with Crippen molar-refractivity contribution in [2.24, 2.45) is 5.92 Å². The molecule has 1 aliphatic heterocycles. The lowest BCUT2D eigenvalue weighted by molar-refractivity contribution is -0.143. The number of carbonyl (C=O) groups is 1. The third kappa shape index (κ3) is 5.91. The number of likely N-dealkylation sites (N-methyl/N-ethyl adjacent to an activating group) is 1. The Morgan fingerprint density at radius 3 is 2.58 bits per heavy atom. The Kier molecular flexibility index (Phi) is 7.39. The lowest BCUT2D eigenvalue weighted by Crippen LogP contribution is -2.34. The first-order chi connectivity index (χ1) is 9.04. The minimum atomic E-state index is -0.0510. The van der Waals surface area contributed by atoms with Crippen LogP contribution in [-0.2, 0) is 9.53 Å². The lowest BCUT2D eigenvalue weighted by atomic mass is 10.1. The zero-order valence-electron chi connectivity index (χ0n) is 13.0. The van der Waals surface area contributed by atoms with Crippen LogP contribution in [0.3, 0.4) is 0 Å². The highest BCUT2D eigenvalue weighted by atomic mass is 16.5. The van der Waals surface area contributed by atoms with Crippen molar-refractivity contribution in [3.63, 3.8) is 0 Å². The van der Waals surface area contributed by atoms with Gasteiger partial charge in [-0.3, -0.25) is 4.79 Å². The number of hydrogen-bond donors (Lipinski definition) is 0. The molecule has 0 amide bonds. The van der Waals surface area contributed by atoms with Gasteiger partial charge in [0.05, 0.1) is 6.61 Å². The number of unbranched alkanes of at least 4 members (excludes halogenated alkanes) is 2. The summed E-state index contributed by atoms with van der Waals surface area (Å²) in [6.45, 7) is 8.25. The highest BCUT2D eigenvalue weighted by molar-refractivity contribution is 5.69. The Bertz CT molecular complexity index is 269. The summed E-state index contributed by atoms with van der Waals surface area (Å²) in [5.41, 5.74) is 0. The van der Waals surface area contributed by atoms with E-state index >= 15 is 0 Å². The second-order valence-electron chi connectivity index (χ2n) is 5.88. The predicted molar refractivity (Wildman–Crippen MR) is 78.2 cm³/mol. The van der Waals surface area contributed by atoms with E-state index in [0.29, 0.717) is 19.1 Å². The van der Waals surface area contributed by atoms with Gasteiger partial charge in [0.25, 0.3) is 0 Å². The number of rotatable bonds is 8. The highest BCUT2D eigenvalue weighted by Gasteiger charge is 2.30. The molecule has 2 unspecified atom stereocenters. The maximum absolute atomic E-state index is 11.2. The largest absolute Gasteiger partial charge is 0.466 e. The summed E-state index contributed by atoms with van der Waals surface area (Å²) in [7, 11) is 4.34. The standard InChI is InChI=1S/C15H30N2O2/c1-5-19-15(18)9-7-6-8-10-17-11-13(2)14(12-17)16(3)4/h13-14H,5-12H2,1-4H3. The molecule has 0 radical (unpaired) electrons. The number of hydrogen-bond acceptors (Lipinski definition) is 4. The lowest BCUT2D eigenvalue weighted by Gasteiger charge is -2.22. The number of carbonyl (C=O) groups excluding carboxylic acids is 1. The molecule has 1 rings (SSSR count). The van der Waals surface area contributed by atoms with E-state index in [4.69, 9.17) is 4.74 Å². The fourth-order valence-corrected chi connectivity index (χ4v) is 2.92. The minimum Gasteiger partial charge on any atom is -0.466 e. The molecule has 4 heteroatoms. The molecule has 112 valence electrons. The zero-order valence-corrected chi connectivity index (χ0v) is 13.0. The highest BCUT2D eigenvalue weighted by Crippen LogP contribution is 2.20. The van der Waals surface area contributed by atoms with Gasteiger partial charge in [0.2, 0.25) is 0 Å². The first-order valence-corrected chi connectivity index (χ1v) is 7.59. The molecule has 0 aromatic carbocycles. The number of esters is 1. The first-order valence-electron chi connectivity index (χ1n) is 7.59. The topological polar surface area (TPSA) is 32.8 Å². The van der Waals surface area contributed by atoms with E-state index in [1.807, 2.05) is 6.92 Å². The molecule has 0 aromatic rings. The van der Waals surface area contributed by atoms with E-state index in [-0.39, 0.29) is 5.97 Å². The minimum absolute atomic E-state index is 0.0510. The van der Waals surface area contributed by atoms with Crippen molar-refractivity contribution in [1.82, 2.24) is 9.80 Å². The molecule has 0 N–H and O–H groups in total. The second kappa shape index (κ2) is 8.54. The van der Waals surface area contributed by atoms with Gasteiger partial charge in [0.15, 0.2) is 0 Å². The third-order valence-corrected chi connectivity index (χ3v) is 3.97. The Morgan fingerprint density at radius 1 is 1.26 bits per heavy atom. The number of nitrogens with zero attached hydrogens (tertiary/aromatic N) is 2. The van der Waals surface area contributed by atoms with Crippen molar-refractivity contribution in [2.45, 2.75) is 45.6 Å². The van der Waals surface area contributed by atoms with Crippen LogP contribution in [0.4, 0.5) is 0 Å². The van der Waals surface area contributed by atoms with Crippen molar-refractivity contribution in [1.29, 1.82) is 0 Å². The van der Waals surface area contributed by atoms with Crippen molar-refractivity contribution in [3.8, 4) is 0 Å². The summed E-state index contributed by atoms with van der Waals surface area (Å²) < 4.78 is 4.92. The van der Waals surface area contributed by atoms with E-state index in [1.165, 1.54) is 19.5 Å². The van der Waals surface area contributed by atoms with Gasteiger partial charge in [0.1, 0.15) is 0 Å². The van der Waals surface area contributed by atoms with Crippen LogP contribution >= 0.6 is 0 Å². The molecule has 1 aliphatic rings. The fraction of sp³-hybridized carbons (Fsp3) is 0.933. The monoisotopic (exact) mass is 270 g/mol. The van der Waals surface area contributed by atoms with Gasteiger partial charge in [-0.05, 0) is 46.3 Å². The molecule has 4 nitrogen and oxygen atoms in total. The van der Waals surface area contributed by atoms with Crippen molar-refractivity contribution >= 4 is 5.97 Å². The maximum atomic E-state index is 11.2. The summed E-state index contributed by atoms with van der Waals surface area (Å²) in [5.74, 6) is 0.708. The summed E-state index contributed by atoms with van der Waals surface area (Å²) in [6.07, 6.45) is 3.84. The van der Waals surface area contributed by atoms with Gasteiger partial charge in [-0.1, -0.05) is 13.3 Å². The Balaban J connectivity index is 2.06. The molecule has 0 aromatic heterocycles. The van der Waals surface area contributed by atoms with Crippen LogP contribution in [0.25, 0.3) is 0 Å². The quantitative estimate of drug-likeness (QED) is 0.499. The molecule has 0 spiro atoms. The van der Waals surface area contributed by atoms with Crippen LogP contribution in [0.5, 0.6) is 0 Å². The Morgan fingerprint density at radius 2 is 2.00 bits per heavy atom. The van der Waals surface area contributed by atoms with E-state index in [2.05, 4.69) is 30.8 Å². The fourth-order valence-electron chi connectivity index (χ4n) is 2.92. The third-order valence-electron chi connectivity index (χ3n) is 3.97. The first kappa shape index (κ1) is 16.4. The molecule has 1 heterocycles. The van der Waals surface area contributed by atoms with Gasteiger partial charge in [-0.15, -0.1) is 0 Å². The van der Waals surface area contributed by atoms with E-state index < -0.39 is 0 Å². The van der Waals surface area contributed by atoms with Crippen molar-refractivity contribution in [2.75, 3.05) is 40.3 Å². The molecule has 1 fully saturated rings. The van der Waals surface area contributed by atoms with Crippen molar-refractivity contribution < 1.29 is 9.53 Å². The second-order valence-corrected chi connectivity index (χ2v) is 5.88. The molecule has 0 saturated carbocycles. The van der Waals surface area contributed by atoms with Gasteiger partial charge in [-0.2, -0.15) is 0 Å². The normalized spacial score (nSPS) is 24.1. The SMILES string of the molecule is CCOC(=O)CCCCCN1CC(C)C(N(C)C)C1. The van der Waals surface area contributed by atoms with Crippen LogP contribution in [0.1, 0.15) is 39.5 Å². The Hall–Kier alpha value is -0.610. The average Bonchev–Trinajstić information content (AvgIpc) is 2.70. The van der Waals surface area contributed by atoms with E-state index in [0.717, 1.165) is 25.3 Å². The smallest absolute Gasteiger partial charge is 0.305 e. The molecular weight excluding hydrogens is 240 g/mol. The summed E-state index contributed by atoms with van der Waals surface area (Å²) in [5, 5.41) is 0. The summed E-state index contributed by atoms with van der Waals surface area (Å²) in [6, 6.07) is 0.694. The molecule has 0 bridgehead atoms. The van der Waals surface area contributed by atoms with E-state index in [1.54, 1.807) is 0 Å². The van der Waals surface area contributed by atoms with Crippen LogP contribution in [0.2, 0.25) is 0 Å². The van der Waals surface area contributed by atoms with E-state index in [9.17, 15) is 4.79 Å². The maximum Gasteiger partial charge on any atom is 0.305 e. The number of likely N-dealkylation sites (tertiary alicyclic amines) is 1. The van der Waals surface area contributed by atoms with Crippen LogP contribution < -0.4 is 0 Å². The molecular formula is C15H30N2O2. The number of ether oxygens (including phenoxy) is 1. The van der Waals surface area contributed by atoms with Gasteiger partial charge in [0, 0.05) is 25.6 Å². The van der Waals surface area contributed by atoms with Crippen LogP contribution in [0, 0.1) is 5.92 Å². The molecule has 19 heavy (non-hydrogen) atoms. The summed E-state index contributed by atoms with van der Waals surface area (Å²) >= 11 is 0. The van der Waals surface area contributed by atoms with Gasteiger partial charge >= 0.3 is 5.97 Å². The predicted octanol–water partition coefficient (Wildman–Crippen LogP) is 1.99. The Labute approximate surface area is 118 Å². The average molecular weight is 270 g/mol. The summed E-state index contributed by atoms with van der Waals surface area (Å²) in [4.78, 5) is 16.1. The van der Waals surface area contributed by atoms with Crippen LogP contribution in [-0.4, -0.2) is 62.1 Å². The zero-order chi connectivity index (χ0) is 14.3. The molecule has 0 aliphatic carbocycles. The molecule has 1 saturated heterocycles. The van der Waals surface area contributed by atoms with Gasteiger partial charge < -0.3 is 14.5 Å². The van der Waals surface area contributed by atoms with Gasteiger partial charge in [-0.25, -0.2) is 0 Å². The van der Waals surface area contributed by atoms with Crippen molar-refractivity contribution in [3.05, 3.63) is 0 Å². The molecule has 2 atom stereocenters.